The number of carboxylic acid groups (broad SMARTS) is 1. The minimum atomic E-state index is -1.25. The summed E-state index contributed by atoms with van der Waals surface area (Å²) in [7, 11) is 0. The van der Waals surface area contributed by atoms with E-state index in [9.17, 15) is 9.59 Å². The fourth-order valence-electron chi connectivity index (χ4n) is 1.15. The zero-order valence-corrected chi connectivity index (χ0v) is 10.9. The lowest BCUT2D eigenvalue weighted by Crippen LogP contribution is -2.43. The lowest BCUT2D eigenvalue weighted by Gasteiger charge is -2.12. The third-order valence-electron chi connectivity index (χ3n) is 2.21. The molecule has 2 atom stereocenters. The number of amides is 1. The van der Waals surface area contributed by atoms with E-state index in [2.05, 4.69) is 11.8 Å². The zero-order chi connectivity index (χ0) is 15.5. The number of rotatable bonds is 4. The molecule has 0 aliphatic carbocycles. The number of aliphatic hydroxyl groups is 1. The molecular weight excluding hydrogens is 258 g/mol. The van der Waals surface area contributed by atoms with Crippen LogP contribution in [0.1, 0.15) is 18.1 Å². The Kier molecular flexibility index (Phi) is 7.94. The number of terminal acetylenes is 2. The fraction of sp³-hybridized carbons (Fsp3) is 0.200. The highest BCUT2D eigenvalue weighted by molar-refractivity contribution is 5.76. The number of carbonyl (C=O) groups is 2. The molecule has 0 saturated carbocycles. The first-order chi connectivity index (χ1) is 9.46. The van der Waals surface area contributed by atoms with Crippen LogP contribution in [0.15, 0.2) is 24.3 Å². The average Bonchev–Trinajstić information content (AvgIpc) is 2.44. The van der Waals surface area contributed by atoms with E-state index in [1.54, 1.807) is 0 Å². The van der Waals surface area contributed by atoms with Crippen LogP contribution in [0.4, 0.5) is 0 Å². The number of carbonyl (C=O) groups excluding carboxylic acids is 1. The minimum absolute atomic E-state index is 0.242. The molecule has 0 aliphatic heterocycles. The van der Waals surface area contributed by atoms with Crippen molar-refractivity contribution >= 4 is 12.4 Å². The number of hydrogen-bond donors (Lipinski definition) is 3. The fourth-order valence-corrected chi connectivity index (χ4v) is 1.15. The second-order valence-electron chi connectivity index (χ2n) is 3.71. The van der Waals surface area contributed by atoms with E-state index in [1.165, 1.54) is 6.92 Å². The summed E-state index contributed by atoms with van der Waals surface area (Å²) in [6.07, 6.45) is 9.44. The van der Waals surface area contributed by atoms with Crippen molar-refractivity contribution < 1.29 is 19.8 Å². The van der Waals surface area contributed by atoms with E-state index in [0.29, 0.717) is 0 Å². The molecule has 104 valence electrons. The molecule has 1 aromatic carbocycles. The van der Waals surface area contributed by atoms with Crippen LogP contribution in [0.25, 0.3) is 0 Å². The van der Waals surface area contributed by atoms with Gasteiger partial charge in [-0.15, -0.1) is 12.8 Å². The highest BCUT2D eigenvalue weighted by Gasteiger charge is 2.21. The van der Waals surface area contributed by atoms with E-state index in [0.717, 1.165) is 11.1 Å². The number of aliphatic hydroxyl groups excluding tert-OH is 1. The van der Waals surface area contributed by atoms with Crippen LogP contribution in [0.3, 0.4) is 0 Å². The Balaban J connectivity index is 0.000000361. The lowest BCUT2D eigenvalue weighted by atomic mass is 10.1. The van der Waals surface area contributed by atoms with Crippen LogP contribution < -0.4 is 5.32 Å². The molecule has 5 heteroatoms. The monoisotopic (exact) mass is 273 g/mol. The Labute approximate surface area is 117 Å². The van der Waals surface area contributed by atoms with E-state index in [-0.39, 0.29) is 6.41 Å². The summed E-state index contributed by atoms with van der Waals surface area (Å²) >= 11 is 0. The molecule has 0 heterocycles. The predicted molar refractivity (Wildman–Crippen MR) is 74.6 cm³/mol. The summed E-state index contributed by atoms with van der Waals surface area (Å²) in [5.74, 6) is 3.77. The van der Waals surface area contributed by atoms with E-state index in [4.69, 9.17) is 23.1 Å². The largest absolute Gasteiger partial charge is 0.480 e. The first kappa shape index (κ1) is 17.2. The summed E-state index contributed by atoms with van der Waals surface area (Å²) in [4.78, 5) is 19.9. The van der Waals surface area contributed by atoms with Crippen molar-refractivity contribution in [2.24, 2.45) is 0 Å². The number of hydrogen-bond acceptors (Lipinski definition) is 3. The first-order valence-electron chi connectivity index (χ1n) is 5.60. The first-order valence-corrected chi connectivity index (χ1v) is 5.60. The highest BCUT2D eigenvalue weighted by Crippen LogP contribution is 2.00. The topological polar surface area (TPSA) is 86.6 Å². The molecule has 1 aromatic rings. The second kappa shape index (κ2) is 9.21. The molecule has 0 saturated heterocycles. The molecule has 0 spiro atoms. The van der Waals surface area contributed by atoms with Crippen LogP contribution in [0.5, 0.6) is 0 Å². The molecule has 20 heavy (non-hydrogen) atoms. The van der Waals surface area contributed by atoms with Crippen molar-refractivity contribution in [2.45, 2.75) is 19.1 Å². The maximum absolute atomic E-state index is 10.1. The van der Waals surface area contributed by atoms with Crippen molar-refractivity contribution in [2.75, 3.05) is 0 Å². The van der Waals surface area contributed by atoms with Crippen LogP contribution in [-0.2, 0) is 9.59 Å². The maximum Gasteiger partial charge on any atom is 0.328 e. The van der Waals surface area contributed by atoms with Crippen molar-refractivity contribution in [3.8, 4) is 24.7 Å². The molecule has 5 nitrogen and oxygen atoms in total. The van der Waals surface area contributed by atoms with Gasteiger partial charge in [-0.05, 0) is 31.2 Å². The number of benzene rings is 1. The summed E-state index contributed by atoms with van der Waals surface area (Å²) in [6, 6.07) is 6.10. The van der Waals surface area contributed by atoms with Gasteiger partial charge in [0.15, 0.2) is 6.04 Å². The highest BCUT2D eigenvalue weighted by atomic mass is 16.4. The van der Waals surface area contributed by atoms with Crippen LogP contribution in [-0.4, -0.2) is 34.7 Å². The Morgan fingerprint density at radius 2 is 1.65 bits per heavy atom. The number of carboxylic acids is 1. The molecule has 3 N–H and O–H groups in total. The van der Waals surface area contributed by atoms with Gasteiger partial charge < -0.3 is 15.5 Å². The van der Waals surface area contributed by atoms with Gasteiger partial charge in [-0.2, -0.15) is 0 Å². The van der Waals surface area contributed by atoms with Gasteiger partial charge in [0, 0.05) is 11.1 Å². The summed E-state index contributed by atoms with van der Waals surface area (Å²) in [5.41, 5.74) is 1.72. The Morgan fingerprint density at radius 3 is 1.80 bits per heavy atom. The predicted octanol–water partition coefficient (Wildman–Crippen LogP) is 0.216. The molecule has 1 amide bonds. The van der Waals surface area contributed by atoms with Crippen molar-refractivity contribution in [1.29, 1.82) is 0 Å². The summed E-state index contributed by atoms with van der Waals surface area (Å²) in [5, 5.41) is 19.0. The standard InChI is InChI=1S/C10H6.C5H9NO4/c1-3-9-5-7-10(4-2)8-6-9;1-3(8)4(5(9)10)6-2-7/h1-2,5-8H;2-4,8H,1H3,(H,6,7)(H,9,10)/t;3-,4+/m.1/s1. The molecule has 0 radical (unpaired) electrons. The van der Waals surface area contributed by atoms with E-state index in [1.807, 2.05) is 29.6 Å². The summed E-state index contributed by atoms with van der Waals surface area (Å²) in [6.45, 7) is 1.29. The zero-order valence-electron chi connectivity index (χ0n) is 10.9. The third-order valence-corrected chi connectivity index (χ3v) is 2.21. The van der Waals surface area contributed by atoms with Crippen LogP contribution in [0.2, 0.25) is 0 Å². The Hall–Kier alpha value is -2.76. The molecule has 1 rings (SSSR count). The van der Waals surface area contributed by atoms with Gasteiger partial charge in [0.05, 0.1) is 6.10 Å². The summed E-state index contributed by atoms with van der Waals surface area (Å²) < 4.78 is 0. The number of aliphatic carboxylic acids is 1. The van der Waals surface area contributed by atoms with Crippen LogP contribution >= 0.6 is 0 Å². The van der Waals surface area contributed by atoms with Gasteiger partial charge in [0.25, 0.3) is 0 Å². The van der Waals surface area contributed by atoms with Crippen molar-refractivity contribution in [3.05, 3.63) is 35.4 Å². The Bertz CT molecular complexity index is 487. The smallest absolute Gasteiger partial charge is 0.328 e. The Morgan fingerprint density at radius 1 is 1.25 bits per heavy atom. The van der Waals surface area contributed by atoms with Crippen LogP contribution in [0, 0.1) is 24.7 Å². The molecule has 0 aromatic heterocycles. The minimum Gasteiger partial charge on any atom is -0.480 e. The normalized spacial score (nSPS) is 11.6. The van der Waals surface area contributed by atoms with Gasteiger partial charge in [-0.1, -0.05) is 11.8 Å². The maximum atomic E-state index is 10.1. The van der Waals surface area contributed by atoms with Gasteiger partial charge in [-0.3, -0.25) is 4.79 Å². The van der Waals surface area contributed by atoms with E-state index < -0.39 is 18.1 Å². The number of nitrogens with one attached hydrogen (secondary N) is 1. The molecule has 0 fully saturated rings. The van der Waals surface area contributed by atoms with E-state index >= 15 is 0 Å². The molecule has 0 aliphatic rings. The quantitative estimate of drug-likeness (QED) is 0.541. The van der Waals surface area contributed by atoms with Crippen molar-refractivity contribution in [3.63, 3.8) is 0 Å². The second-order valence-corrected chi connectivity index (χ2v) is 3.71. The van der Waals surface area contributed by atoms with Gasteiger partial charge in [-0.25, -0.2) is 4.79 Å². The molecule has 0 bridgehead atoms. The van der Waals surface area contributed by atoms with Gasteiger partial charge in [0.1, 0.15) is 0 Å². The van der Waals surface area contributed by atoms with Gasteiger partial charge in [0.2, 0.25) is 6.41 Å². The molecular formula is C15H15NO4. The SMILES string of the molecule is C#Cc1ccc(C#C)cc1.C[C@@H](O)[C@H](NC=O)C(=O)O. The molecule has 0 unspecified atom stereocenters. The third kappa shape index (κ3) is 6.25. The van der Waals surface area contributed by atoms with Crippen molar-refractivity contribution in [1.82, 2.24) is 5.32 Å². The van der Waals surface area contributed by atoms with Gasteiger partial charge >= 0.3 is 5.97 Å². The average molecular weight is 273 g/mol. The lowest BCUT2D eigenvalue weighted by molar-refractivity contribution is -0.143.